The Labute approximate surface area is 159 Å². The molecule has 0 unspecified atom stereocenters. The van der Waals surface area contributed by atoms with Gasteiger partial charge >= 0.3 is 0 Å². The van der Waals surface area contributed by atoms with Crippen molar-refractivity contribution in [1.82, 2.24) is 14.5 Å². The van der Waals surface area contributed by atoms with Gasteiger partial charge in [0.15, 0.2) is 5.16 Å². The van der Waals surface area contributed by atoms with Crippen LogP contribution in [-0.2, 0) is 5.75 Å². The molecular weight excluding hydrogens is 365 g/mol. The number of methoxy groups -OCH3 is 1. The molecule has 27 heavy (non-hydrogen) atoms. The van der Waals surface area contributed by atoms with Crippen molar-refractivity contribution in [1.29, 1.82) is 0 Å². The van der Waals surface area contributed by atoms with Gasteiger partial charge in [-0.3, -0.25) is 4.57 Å². The van der Waals surface area contributed by atoms with Crippen LogP contribution in [0.1, 0.15) is 5.69 Å². The molecule has 5 nitrogen and oxygen atoms in total. The number of aromatic nitrogens is 3. The zero-order valence-electron chi connectivity index (χ0n) is 14.5. The summed E-state index contributed by atoms with van der Waals surface area (Å²) in [4.78, 5) is 8.88. The first-order valence-corrected chi connectivity index (χ1v) is 9.22. The number of halogens is 1. The molecule has 0 aliphatic carbocycles. The summed E-state index contributed by atoms with van der Waals surface area (Å²) >= 11 is 1.51. The van der Waals surface area contributed by atoms with Gasteiger partial charge in [0.2, 0.25) is 5.89 Å². The van der Waals surface area contributed by atoms with Gasteiger partial charge < -0.3 is 9.15 Å². The highest BCUT2D eigenvalue weighted by Gasteiger charge is 2.11. The van der Waals surface area contributed by atoms with Gasteiger partial charge in [0.05, 0.1) is 18.5 Å². The molecule has 136 valence electrons. The summed E-state index contributed by atoms with van der Waals surface area (Å²) in [6, 6.07) is 13.9. The van der Waals surface area contributed by atoms with Gasteiger partial charge in [-0.05, 0) is 42.5 Å². The number of hydrogen-bond acceptors (Lipinski definition) is 5. The highest BCUT2D eigenvalue weighted by molar-refractivity contribution is 7.98. The van der Waals surface area contributed by atoms with Crippen LogP contribution in [-0.4, -0.2) is 21.6 Å². The quantitative estimate of drug-likeness (QED) is 0.442. The van der Waals surface area contributed by atoms with E-state index in [0.29, 0.717) is 11.6 Å². The third-order valence-corrected chi connectivity index (χ3v) is 4.93. The highest BCUT2D eigenvalue weighted by Crippen LogP contribution is 2.27. The monoisotopic (exact) mass is 381 g/mol. The number of hydrogen-bond donors (Lipinski definition) is 0. The van der Waals surface area contributed by atoms with Crippen LogP contribution in [0.3, 0.4) is 0 Å². The van der Waals surface area contributed by atoms with Gasteiger partial charge in [0.1, 0.15) is 17.8 Å². The maximum absolute atomic E-state index is 13.5. The van der Waals surface area contributed by atoms with Crippen LogP contribution >= 0.6 is 11.8 Å². The average molecular weight is 381 g/mol. The van der Waals surface area contributed by atoms with E-state index in [9.17, 15) is 4.39 Å². The Morgan fingerprint density at radius 3 is 2.81 bits per heavy atom. The molecule has 0 spiro atoms. The third kappa shape index (κ3) is 3.88. The van der Waals surface area contributed by atoms with E-state index in [4.69, 9.17) is 9.15 Å². The van der Waals surface area contributed by atoms with E-state index >= 15 is 0 Å². The predicted octanol–water partition coefficient (Wildman–Crippen LogP) is 4.97. The predicted molar refractivity (Wildman–Crippen MR) is 102 cm³/mol. The lowest BCUT2D eigenvalue weighted by atomic mass is 10.2. The Balaban J connectivity index is 1.47. The second-order valence-corrected chi connectivity index (χ2v) is 6.66. The van der Waals surface area contributed by atoms with Crippen LogP contribution in [0.15, 0.2) is 76.8 Å². The first kappa shape index (κ1) is 17.4. The minimum absolute atomic E-state index is 0.280. The number of thioether (sulfide) groups is 1. The molecule has 0 aliphatic rings. The van der Waals surface area contributed by atoms with Crippen molar-refractivity contribution in [2.24, 2.45) is 0 Å². The summed E-state index contributed by atoms with van der Waals surface area (Å²) in [5.41, 5.74) is 2.42. The smallest absolute Gasteiger partial charge is 0.226 e. The molecule has 4 aromatic rings. The first-order chi connectivity index (χ1) is 13.2. The van der Waals surface area contributed by atoms with E-state index in [0.717, 1.165) is 27.9 Å². The van der Waals surface area contributed by atoms with E-state index < -0.39 is 0 Å². The molecule has 0 amide bonds. The summed E-state index contributed by atoms with van der Waals surface area (Å²) in [6.07, 6.45) is 5.14. The van der Waals surface area contributed by atoms with Crippen LogP contribution in [0, 0.1) is 5.82 Å². The Hall–Kier alpha value is -3.06. The maximum atomic E-state index is 13.5. The normalized spacial score (nSPS) is 10.9. The zero-order valence-corrected chi connectivity index (χ0v) is 15.3. The van der Waals surface area contributed by atoms with Crippen molar-refractivity contribution in [3.8, 4) is 22.9 Å². The fourth-order valence-electron chi connectivity index (χ4n) is 2.60. The molecule has 0 bridgehead atoms. The Bertz CT molecular complexity index is 1040. The van der Waals surface area contributed by atoms with Gasteiger partial charge in [-0.1, -0.05) is 17.8 Å². The number of nitrogens with zero attached hydrogens (tertiary/aromatic N) is 3. The molecule has 4 rings (SSSR count). The average Bonchev–Trinajstić information content (AvgIpc) is 3.36. The van der Waals surface area contributed by atoms with Gasteiger partial charge in [-0.25, -0.2) is 14.4 Å². The first-order valence-electron chi connectivity index (χ1n) is 8.24. The van der Waals surface area contributed by atoms with Crippen LogP contribution in [0.5, 0.6) is 5.75 Å². The summed E-state index contributed by atoms with van der Waals surface area (Å²) in [7, 11) is 1.63. The molecule has 2 aromatic carbocycles. The minimum atomic E-state index is -0.280. The Morgan fingerprint density at radius 2 is 2.04 bits per heavy atom. The van der Waals surface area contributed by atoms with Crippen molar-refractivity contribution in [2.45, 2.75) is 10.9 Å². The SMILES string of the molecule is COc1ccc(-c2nc(CSc3nccn3-c3cccc(F)c3)co2)cc1. The van der Waals surface area contributed by atoms with Gasteiger partial charge in [-0.15, -0.1) is 0 Å². The summed E-state index contributed by atoms with van der Waals surface area (Å²) in [5.74, 6) is 1.65. The van der Waals surface area contributed by atoms with E-state index in [1.165, 1.54) is 23.9 Å². The molecule has 2 heterocycles. The Kier molecular flexibility index (Phi) is 4.93. The summed E-state index contributed by atoms with van der Waals surface area (Å²) in [6.45, 7) is 0. The van der Waals surface area contributed by atoms with Gasteiger partial charge in [-0.2, -0.15) is 0 Å². The van der Waals surface area contributed by atoms with Gasteiger partial charge in [0, 0.05) is 23.7 Å². The molecule has 0 saturated heterocycles. The lowest BCUT2D eigenvalue weighted by Crippen LogP contribution is -1.96. The molecular formula is C20H16FN3O2S. The molecule has 0 radical (unpaired) electrons. The van der Waals surface area contributed by atoms with Crippen molar-refractivity contribution in [3.63, 3.8) is 0 Å². The number of benzene rings is 2. The van der Waals surface area contributed by atoms with Crippen LogP contribution in [0.2, 0.25) is 0 Å². The molecule has 0 N–H and O–H groups in total. The van der Waals surface area contributed by atoms with Crippen LogP contribution in [0.4, 0.5) is 4.39 Å². The number of oxazole rings is 1. The van der Waals surface area contributed by atoms with E-state index in [2.05, 4.69) is 9.97 Å². The lowest BCUT2D eigenvalue weighted by molar-refractivity contribution is 0.415. The molecule has 0 fully saturated rings. The molecule has 0 atom stereocenters. The van der Waals surface area contributed by atoms with Crippen molar-refractivity contribution >= 4 is 11.8 Å². The standard InChI is InChI=1S/C20H16FN3O2S/c1-25-18-7-5-14(6-8-18)19-23-16(12-26-19)13-27-20-22-9-10-24(20)17-4-2-3-15(21)11-17/h2-12H,13H2,1H3. The minimum Gasteiger partial charge on any atom is -0.497 e. The largest absolute Gasteiger partial charge is 0.497 e. The fraction of sp³-hybridized carbons (Fsp3) is 0.100. The van der Waals surface area contributed by atoms with Crippen molar-refractivity contribution in [3.05, 3.63) is 78.7 Å². The molecule has 7 heteroatoms. The second kappa shape index (κ2) is 7.67. The van der Waals surface area contributed by atoms with E-state index in [1.54, 1.807) is 25.6 Å². The summed E-state index contributed by atoms with van der Waals surface area (Å²) in [5, 5.41) is 0.759. The molecule has 0 saturated carbocycles. The lowest BCUT2D eigenvalue weighted by Gasteiger charge is -2.06. The number of rotatable bonds is 6. The van der Waals surface area contributed by atoms with Crippen molar-refractivity contribution < 1.29 is 13.5 Å². The second-order valence-electron chi connectivity index (χ2n) is 5.72. The van der Waals surface area contributed by atoms with E-state index in [-0.39, 0.29) is 5.82 Å². The fourth-order valence-corrected chi connectivity index (χ4v) is 3.45. The number of imidazole rings is 1. The zero-order chi connectivity index (χ0) is 18.6. The topological polar surface area (TPSA) is 53.1 Å². The van der Waals surface area contributed by atoms with Gasteiger partial charge in [0.25, 0.3) is 0 Å². The third-order valence-electron chi connectivity index (χ3n) is 3.93. The highest BCUT2D eigenvalue weighted by atomic mass is 32.2. The van der Waals surface area contributed by atoms with Crippen LogP contribution < -0.4 is 4.74 Å². The Morgan fingerprint density at radius 1 is 1.19 bits per heavy atom. The number of ether oxygens (including phenoxy) is 1. The van der Waals surface area contributed by atoms with Crippen molar-refractivity contribution in [2.75, 3.05) is 7.11 Å². The summed E-state index contributed by atoms with van der Waals surface area (Å²) < 4.78 is 26.1. The molecule has 0 aliphatic heterocycles. The molecule has 2 aromatic heterocycles. The maximum Gasteiger partial charge on any atom is 0.226 e. The van der Waals surface area contributed by atoms with E-state index in [1.807, 2.05) is 41.1 Å². The van der Waals surface area contributed by atoms with Crippen LogP contribution in [0.25, 0.3) is 17.1 Å².